The zero-order chi connectivity index (χ0) is 27.3. The summed E-state index contributed by atoms with van der Waals surface area (Å²) in [4.78, 5) is 35.8. The Morgan fingerprint density at radius 2 is 1.70 bits per heavy atom. The molecule has 1 saturated carbocycles. The quantitative estimate of drug-likeness (QED) is 0.315. The van der Waals surface area contributed by atoms with Gasteiger partial charge in [-0.25, -0.2) is 0 Å². The van der Waals surface area contributed by atoms with Crippen molar-refractivity contribution in [3.8, 4) is 0 Å². The summed E-state index contributed by atoms with van der Waals surface area (Å²) < 4.78 is 0. The molecule has 40 heavy (non-hydrogen) atoms. The van der Waals surface area contributed by atoms with Crippen molar-refractivity contribution in [2.75, 3.05) is 18.0 Å². The number of rotatable bonds is 4. The average Bonchev–Trinajstić information content (AvgIpc) is 3.34. The van der Waals surface area contributed by atoms with E-state index >= 15 is 0 Å². The molecule has 0 N–H and O–H groups in total. The summed E-state index contributed by atoms with van der Waals surface area (Å²) in [5.74, 6) is 0.401. The highest BCUT2D eigenvalue weighted by atomic mass is 35.5. The van der Waals surface area contributed by atoms with Gasteiger partial charge >= 0.3 is 0 Å². The Hall–Kier alpha value is -3.18. The van der Waals surface area contributed by atoms with E-state index in [0.717, 1.165) is 74.7 Å². The lowest BCUT2D eigenvalue weighted by molar-refractivity contribution is 0.0682. The van der Waals surface area contributed by atoms with Crippen LogP contribution >= 0.6 is 11.6 Å². The number of fused-ring (bicyclic) bond motifs is 2. The molecular formula is C34H36ClN3O2. The van der Waals surface area contributed by atoms with Crippen molar-refractivity contribution in [1.29, 1.82) is 0 Å². The molecule has 1 saturated heterocycles. The average molecular weight is 554 g/mol. The molecule has 206 valence electrons. The summed E-state index contributed by atoms with van der Waals surface area (Å²) in [6.45, 7) is 2.75. The highest BCUT2D eigenvalue weighted by Crippen LogP contribution is 2.48. The minimum absolute atomic E-state index is 0.00678. The van der Waals surface area contributed by atoms with Gasteiger partial charge in [-0.2, -0.15) is 0 Å². The second kappa shape index (κ2) is 10.3. The summed E-state index contributed by atoms with van der Waals surface area (Å²) in [6.07, 6.45) is 13.4. The molecule has 0 radical (unpaired) electrons. The molecule has 1 aromatic heterocycles. The van der Waals surface area contributed by atoms with Crippen LogP contribution in [0.3, 0.4) is 0 Å². The molecular weight excluding hydrogens is 518 g/mol. The number of pyridine rings is 1. The van der Waals surface area contributed by atoms with Crippen LogP contribution in [-0.4, -0.2) is 34.7 Å². The first-order valence-corrected chi connectivity index (χ1v) is 15.3. The van der Waals surface area contributed by atoms with E-state index in [1.807, 2.05) is 35.5 Å². The Bertz CT molecular complexity index is 1440. The molecule has 2 fully saturated rings. The first kappa shape index (κ1) is 25.8. The van der Waals surface area contributed by atoms with E-state index in [4.69, 9.17) is 11.6 Å². The molecule has 0 unspecified atom stereocenters. The summed E-state index contributed by atoms with van der Waals surface area (Å²) >= 11 is 6.41. The highest BCUT2D eigenvalue weighted by Gasteiger charge is 2.41. The minimum Gasteiger partial charge on any atom is -0.371 e. The molecule has 5 nitrogen and oxygen atoms in total. The normalized spacial score (nSPS) is 22.3. The first-order chi connectivity index (χ1) is 19.5. The van der Waals surface area contributed by atoms with Crippen molar-refractivity contribution in [3.63, 3.8) is 0 Å². The van der Waals surface area contributed by atoms with E-state index in [-0.39, 0.29) is 23.7 Å². The first-order valence-electron chi connectivity index (χ1n) is 14.9. The van der Waals surface area contributed by atoms with Gasteiger partial charge in [0, 0.05) is 49.2 Å². The number of aryl methyl sites for hydroxylation is 1. The van der Waals surface area contributed by atoms with Crippen LogP contribution in [0.4, 0.5) is 5.69 Å². The number of anilines is 1. The van der Waals surface area contributed by atoms with Crippen molar-refractivity contribution in [2.45, 2.75) is 70.4 Å². The molecule has 0 bridgehead atoms. The number of nitrogens with zero attached hydrogens (tertiary/aromatic N) is 3. The predicted molar refractivity (Wildman–Crippen MR) is 158 cm³/mol. The molecule has 1 spiro atoms. The Morgan fingerprint density at radius 1 is 0.925 bits per heavy atom. The Balaban J connectivity index is 1.04. The third-order valence-corrected chi connectivity index (χ3v) is 10.6. The monoisotopic (exact) mass is 553 g/mol. The Labute approximate surface area is 241 Å². The van der Waals surface area contributed by atoms with E-state index in [9.17, 15) is 9.59 Å². The second-order valence-electron chi connectivity index (χ2n) is 12.4. The van der Waals surface area contributed by atoms with Crippen molar-refractivity contribution >= 4 is 29.0 Å². The smallest absolute Gasteiger partial charge is 0.256 e. The fourth-order valence-electron chi connectivity index (χ4n) is 7.86. The van der Waals surface area contributed by atoms with Crippen LogP contribution in [0.15, 0.2) is 60.9 Å². The lowest BCUT2D eigenvalue weighted by Crippen LogP contribution is -2.42. The predicted octanol–water partition coefficient (Wildman–Crippen LogP) is 7.43. The molecule has 7 rings (SSSR count). The largest absolute Gasteiger partial charge is 0.371 e. The third kappa shape index (κ3) is 4.52. The fraction of sp³-hybridized carbons (Fsp3) is 0.441. The van der Waals surface area contributed by atoms with Gasteiger partial charge < -0.3 is 9.80 Å². The van der Waals surface area contributed by atoms with Crippen LogP contribution < -0.4 is 4.90 Å². The number of hydrogen-bond acceptors (Lipinski definition) is 4. The lowest BCUT2D eigenvalue weighted by Gasteiger charge is -2.46. The zero-order valence-corrected chi connectivity index (χ0v) is 23.7. The summed E-state index contributed by atoms with van der Waals surface area (Å²) in [6, 6.07) is 16.2. The molecule has 3 aromatic rings. The van der Waals surface area contributed by atoms with Gasteiger partial charge in [-0.05, 0) is 104 Å². The minimum atomic E-state index is -0.00678. The van der Waals surface area contributed by atoms with E-state index in [1.165, 1.54) is 24.1 Å². The number of carbonyl (C=O) groups is 2. The SMILES string of the molecule is O=C(c1ccc2c(c1)[C@H](N1Cc3cccc(Cl)c3C1=O)CCC2)C1CCC2(CC1)CCN(c1ccncc1)CC2. The van der Waals surface area contributed by atoms with Gasteiger partial charge in [-0.1, -0.05) is 35.9 Å². The van der Waals surface area contributed by atoms with Crippen LogP contribution in [0, 0.1) is 11.3 Å². The van der Waals surface area contributed by atoms with Crippen LogP contribution in [0.5, 0.6) is 0 Å². The number of benzene rings is 2. The Morgan fingerprint density at radius 3 is 2.45 bits per heavy atom. The van der Waals surface area contributed by atoms with Crippen molar-refractivity contribution in [3.05, 3.63) is 93.8 Å². The van der Waals surface area contributed by atoms with Crippen LogP contribution in [0.2, 0.25) is 5.02 Å². The van der Waals surface area contributed by atoms with Gasteiger partial charge in [-0.3, -0.25) is 14.6 Å². The highest BCUT2D eigenvalue weighted by molar-refractivity contribution is 6.34. The van der Waals surface area contributed by atoms with E-state index < -0.39 is 0 Å². The second-order valence-corrected chi connectivity index (χ2v) is 12.8. The fourth-order valence-corrected chi connectivity index (χ4v) is 8.14. The number of piperidine rings is 1. The van der Waals surface area contributed by atoms with Crippen molar-refractivity contribution < 1.29 is 9.59 Å². The number of aromatic nitrogens is 1. The maximum Gasteiger partial charge on any atom is 0.256 e. The maximum atomic E-state index is 13.8. The van der Waals surface area contributed by atoms with Crippen molar-refractivity contribution in [2.24, 2.45) is 11.3 Å². The van der Waals surface area contributed by atoms with Gasteiger partial charge in [0.25, 0.3) is 5.91 Å². The summed E-state index contributed by atoms with van der Waals surface area (Å²) in [7, 11) is 0. The van der Waals surface area contributed by atoms with E-state index in [0.29, 0.717) is 22.5 Å². The third-order valence-electron chi connectivity index (χ3n) is 10.3. The number of Topliss-reactive ketones (excluding diaryl/α,β-unsaturated/α-hetero) is 1. The molecule has 1 amide bonds. The van der Waals surface area contributed by atoms with Gasteiger partial charge in [-0.15, -0.1) is 0 Å². The molecule has 4 aliphatic rings. The molecule has 3 heterocycles. The van der Waals surface area contributed by atoms with Gasteiger partial charge in [0.1, 0.15) is 0 Å². The maximum absolute atomic E-state index is 13.8. The molecule has 2 aliphatic carbocycles. The molecule has 2 aliphatic heterocycles. The van der Waals surface area contributed by atoms with E-state index in [1.54, 1.807) is 6.07 Å². The number of hydrogen-bond donors (Lipinski definition) is 0. The zero-order valence-electron chi connectivity index (χ0n) is 22.9. The summed E-state index contributed by atoms with van der Waals surface area (Å²) in [5.41, 5.74) is 6.54. The Kier molecular flexibility index (Phi) is 6.66. The van der Waals surface area contributed by atoms with Crippen LogP contribution in [0.25, 0.3) is 0 Å². The summed E-state index contributed by atoms with van der Waals surface area (Å²) in [5, 5.41) is 0.531. The number of amides is 1. The standard InChI is InChI=1S/C34H36ClN3O2/c35-29-5-1-4-26-22-38(33(40)31(26)29)30-6-2-3-23-7-8-25(21-28(23)30)32(39)24-9-13-34(14-10-24)15-19-37(20-16-34)27-11-17-36-18-12-27/h1,4-5,7-8,11-12,17-18,21,24,30H,2-3,6,9-10,13-16,19-20,22H2/t30-/m1/s1. The van der Waals surface area contributed by atoms with Crippen molar-refractivity contribution in [1.82, 2.24) is 9.88 Å². The number of ketones is 1. The lowest BCUT2D eigenvalue weighted by atomic mass is 9.64. The molecule has 6 heteroatoms. The topological polar surface area (TPSA) is 53.5 Å². The number of carbonyl (C=O) groups excluding carboxylic acids is 2. The van der Waals surface area contributed by atoms with Crippen LogP contribution in [-0.2, 0) is 13.0 Å². The van der Waals surface area contributed by atoms with E-state index in [2.05, 4.69) is 34.1 Å². The molecule has 1 atom stereocenters. The van der Waals surface area contributed by atoms with Gasteiger partial charge in [0.2, 0.25) is 0 Å². The molecule has 2 aromatic carbocycles. The van der Waals surface area contributed by atoms with Crippen LogP contribution in [0.1, 0.15) is 94.8 Å². The number of halogens is 1. The van der Waals surface area contributed by atoms with Gasteiger partial charge in [0.15, 0.2) is 5.78 Å². The van der Waals surface area contributed by atoms with Gasteiger partial charge in [0.05, 0.1) is 16.6 Å².